The highest BCUT2D eigenvalue weighted by molar-refractivity contribution is 6.33. The number of halogens is 1. The number of likely N-dealkylation sites (tertiary alicyclic amines) is 1. The summed E-state index contributed by atoms with van der Waals surface area (Å²) in [6, 6.07) is 1.61. The van der Waals surface area contributed by atoms with E-state index < -0.39 is 5.60 Å². The summed E-state index contributed by atoms with van der Waals surface area (Å²) in [5.74, 6) is 0.435. The second kappa shape index (κ2) is 5.35. The predicted molar refractivity (Wildman–Crippen MR) is 74.6 cm³/mol. The van der Waals surface area contributed by atoms with Crippen molar-refractivity contribution in [1.29, 1.82) is 0 Å². The summed E-state index contributed by atoms with van der Waals surface area (Å²) >= 11 is 6.07. The van der Waals surface area contributed by atoms with E-state index in [9.17, 15) is 9.90 Å². The minimum absolute atomic E-state index is 0.143. The number of aromatic nitrogens is 1. The van der Waals surface area contributed by atoms with E-state index in [1.54, 1.807) is 17.9 Å². The number of nitrogens with one attached hydrogen (secondary N) is 1. The van der Waals surface area contributed by atoms with Gasteiger partial charge in [-0.2, -0.15) is 0 Å². The number of hydrogen-bond donors (Lipinski definition) is 2. The maximum Gasteiger partial charge on any atom is 0.255 e. The first-order chi connectivity index (χ1) is 8.93. The number of carbonyl (C=O) groups excluding carboxylic acids is 1. The molecule has 5 nitrogen and oxygen atoms in total. The standard InChI is InChI=1S/C13H18ClN3O2/c1-3-15-11-10(14)6-9(7-16-11)12(18)17-5-4-13(2,19)8-17/h6-7,19H,3-5,8H2,1-2H3,(H,15,16). The van der Waals surface area contributed by atoms with Gasteiger partial charge in [0.1, 0.15) is 5.82 Å². The van der Waals surface area contributed by atoms with Crippen LogP contribution >= 0.6 is 11.6 Å². The van der Waals surface area contributed by atoms with Crippen LogP contribution in [0.1, 0.15) is 30.6 Å². The van der Waals surface area contributed by atoms with Crippen molar-refractivity contribution in [3.63, 3.8) is 0 Å². The zero-order valence-corrected chi connectivity index (χ0v) is 11.9. The van der Waals surface area contributed by atoms with Gasteiger partial charge in [-0.25, -0.2) is 4.98 Å². The normalized spacial score (nSPS) is 22.6. The molecule has 1 fully saturated rings. The molecule has 1 unspecified atom stereocenters. The van der Waals surface area contributed by atoms with E-state index >= 15 is 0 Å². The molecular formula is C13H18ClN3O2. The molecule has 0 bridgehead atoms. The van der Waals surface area contributed by atoms with Crippen LogP contribution in [0.2, 0.25) is 5.02 Å². The maximum atomic E-state index is 12.3. The van der Waals surface area contributed by atoms with Crippen molar-refractivity contribution in [3.05, 3.63) is 22.8 Å². The number of rotatable bonds is 3. The highest BCUT2D eigenvalue weighted by Gasteiger charge is 2.34. The summed E-state index contributed by atoms with van der Waals surface area (Å²) in [6.45, 7) is 5.30. The Morgan fingerprint density at radius 2 is 2.42 bits per heavy atom. The molecule has 0 saturated carbocycles. The Hall–Kier alpha value is -1.33. The molecule has 1 amide bonds. The van der Waals surface area contributed by atoms with Crippen molar-refractivity contribution in [1.82, 2.24) is 9.88 Å². The van der Waals surface area contributed by atoms with Crippen LogP contribution in [0, 0.1) is 0 Å². The van der Waals surface area contributed by atoms with Crippen LogP contribution in [0.25, 0.3) is 0 Å². The van der Waals surface area contributed by atoms with Crippen molar-refractivity contribution < 1.29 is 9.90 Å². The molecule has 2 rings (SSSR count). The molecule has 6 heteroatoms. The molecule has 2 N–H and O–H groups in total. The third kappa shape index (κ3) is 3.16. The van der Waals surface area contributed by atoms with Gasteiger partial charge in [-0.1, -0.05) is 11.6 Å². The Morgan fingerprint density at radius 3 is 2.95 bits per heavy atom. The number of nitrogens with zero attached hydrogens (tertiary/aromatic N) is 2. The molecule has 19 heavy (non-hydrogen) atoms. The van der Waals surface area contributed by atoms with Gasteiger partial charge in [0, 0.05) is 25.8 Å². The molecule has 1 aliphatic rings. The Bertz CT molecular complexity index is 491. The second-order valence-electron chi connectivity index (χ2n) is 5.06. The number of amides is 1. The summed E-state index contributed by atoms with van der Waals surface area (Å²) in [6.07, 6.45) is 2.11. The summed E-state index contributed by atoms with van der Waals surface area (Å²) in [5, 5.41) is 13.3. The quantitative estimate of drug-likeness (QED) is 0.887. The molecule has 0 aliphatic carbocycles. The number of hydrogen-bond acceptors (Lipinski definition) is 4. The molecule has 1 saturated heterocycles. The Morgan fingerprint density at radius 1 is 1.68 bits per heavy atom. The third-order valence-corrected chi connectivity index (χ3v) is 3.46. The number of carbonyl (C=O) groups is 1. The van der Waals surface area contributed by atoms with E-state index in [2.05, 4.69) is 10.3 Å². The van der Waals surface area contributed by atoms with E-state index in [1.807, 2.05) is 6.92 Å². The van der Waals surface area contributed by atoms with Gasteiger partial charge in [-0.3, -0.25) is 4.79 Å². The molecule has 0 spiro atoms. The molecule has 1 aromatic rings. The molecule has 1 aromatic heterocycles. The van der Waals surface area contributed by atoms with Crippen molar-refractivity contribution in [2.45, 2.75) is 25.9 Å². The fraction of sp³-hybridized carbons (Fsp3) is 0.538. The van der Waals surface area contributed by atoms with Crippen LogP contribution in [-0.4, -0.2) is 46.1 Å². The lowest BCUT2D eigenvalue weighted by molar-refractivity contribution is 0.0572. The number of pyridine rings is 1. The average molecular weight is 284 g/mol. The molecule has 1 atom stereocenters. The van der Waals surface area contributed by atoms with Crippen LogP contribution in [0.5, 0.6) is 0 Å². The molecule has 0 aromatic carbocycles. The first-order valence-electron chi connectivity index (χ1n) is 6.34. The van der Waals surface area contributed by atoms with Crippen molar-refractivity contribution in [3.8, 4) is 0 Å². The van der Waals surface area contributed by atoms with Gasteiger partial charge in [0.2, 0.25) is 0 Å². The largest absolute Gasteiger partial charge is 0.388 e. The smallest absolute Gasteiger partial charge is 0.255 e. The van der Waals surface area contributed by atoms with Crippen LogP contribution in [0.15, 0.2) is 12.3 Å². The first kappa shape index (κ1) is 14.1. The Labute approximate surface area is 117 Å². The average Bonchev–Trinajstić information content (AvgIpc) is 2.71. The minimum Gasteiger partial charge on any atom is -0.388 e. The summed E-state index contributed by atoms with van der Waals surface area (Å²) in [4.78, 5) is 18.0. The Balaban J connectivity index is 2.14. The molecular weight excluding hydrogens is 266 g/mol. The lowest BCUT2D eigenvalue weighted by Crippen LogP contribution is -2.33. The van der Waals surface area contributed by atoms with Crippen LogP contribution in [0.3, 0.4) is 0 Å². The highest BCUT2D eigenvalue weighted by atomic mass is 35.5. The van der Waals surface area contributed by atoms with Gasteiger partial charge >= 0.3 is 0 Å². The van der Waals surface area contributed by atoms with Crippen LogP contribution < -0.4 is 5.32 Å². The lowest BCUT2D eigenvalue weighted by atomic mass is 10.1. The van der Waals surface area contributed by atoms with E-state index in [-0.39, 0.29) is 5.91 Å². The fourth-order valence-corrected chi connectivity index (χ4v) is 2.39. The first-order valence-corrected chi connectivity index (χ1v) is 6.72. The van der Waals surface area contributed by atoms with Crippen molar-refractivity contribution in [2.24, 2.45) is 0 Å². The lowest BCUT2D eigenvalue weighted by Gasteiger charge is -2.19. The van der Waals surface area contributed by atoms with Crippen molar-refractivity contribution in [2.75, 3.05) is 25.0 Å². The third-order valence-electron chi connectivity index (χ3n) is 3.17. The SMILES string of the molecule is CCNc1ncc(C(=O)N2CCC(C)(O)C2)cc1Cl. The second-order valence-corrected chi connectivity index (χ2v) is 5.47. The Kier molecular flexibility index (Phi) is 3.96. The van der Waals surface area contributed by atoms with E-state index in [4.69, 9.17) is 11.6 Å². The topological polar surface area (TPSA) is 65.5 Å². The monoisotopic (exact) mass is 283 g/mol. The predicted octanol–water partition coefficient (Wildman–Crippen LogP) is 1.76. The van der Waals surface area contributed by atoms with Gasteiger partial charge in [0.25, 0.3) is 5.91 Å². The van der Waals surface area contributed by atoms with Gasteiger partial charge in [-0.05, 0) is 26.3 Å². The minimum atomic E-state index is -0.795. The number of aliphatic hydroxyl groups is 1. The van der Waals surface area contributed by atoms with Gasteiger partial charge < -0.3 is 15.3 Å². The highest BCUT2D eigenvalue weighted by Crippen LogP contribution is 2.24. The molecule has 104 valence electrons. The van der Waals surface area contributed by atoms with Gasteiger partial charge in [0.05, 0.1) is 16.2 Å². The molecule has 2 heterocycles. The summed E-state index contributed by atoms with van der Waals surface area (Å²) < 4.78 is 0. The van der Waals surface area contributed by atoms with Gasteiger partial charge in [0.15, 0.2) is 0 Å². The van der Waals surface area contributed by atoms with Crippen molar-refractivity contribution >= 4 is 23.3 Å². The zero-order valence-electron chi connectivity index (χ0n) is 11.1. The summed E-state index contributed by atoms with van der Waals surface area (Å²) in [5.41, 5.74) is -0.347. The molecule has 0 radical (unpaired) electrons. The fourth-order valence-electron chi connectivity index (χ4n) is 2.15. The number of β-amino-alcohol motifs (C(OH)–C–C–N with tert-alkyl or cyclic N) is 1. The summed E-state index contributed by atoms with van der Waals surface area (Å²) in [7, 11) is 0. The van der Waals surface area contributed by atoms with E-state index in [1.165, 1.54) is 6.20 Å². The van der Waals surface area contributed by atoms with Crippen LogP contribution in [-0.2, 0) is 0 Å². The molecule has 1 aliphatic heterocycles. The van der Waals surface area contributed by atoms with E-state index in [0.29, 0.717) is 35.9 Å². The van der Waals surface area contributed by atoms with Gasteiger partial charge in [-0.15, -0.1) is 0 Å². The van der Waals surface area contributed by atoms with Crippen LogP contribution in [0.4, 0.5) is 5.82 Å². The zero-order chi connectivity index (χ0) is 14.0. The maximum absolute atomic E-state index is 12.3. The number of anilines is 1. The van der Waals surface area contributed by atoms with E-state index in [0.717, 1.165) is 6.54 Å².